The standard InChI is InChI=1S/C13H15NO5S/c15-13(16)6-10(8-1-2-8)9-3-4-12-11(5-9)14-20(17,18)7-19-12/h3-5,8,10,14H,1-2,6-7H2,(H,15,16). The topological polar surface area (TPSA) is 92.7 Å². The van der Waals surface area contributed by atoms with E-state index in [0.717, 1.165) is 18.4 Å². The van der Waals surface area contributed by atoms with E-state index in [1.54, 1.807) is 12.1 Å². The molecule has 7 heteroatoms. The highest BCUT2D eigenvalue weighted by Gasteiger charge is 2.34. The number of fused-ring (bicyclic) bond motifs is 1. The number of sulfonamides is 1. The van der Waals surface area contributed by atoms with Gasteiger partial charge in [-0.15, -0.1) is 0 Å². The van der Waals surface area contributed by atoms with Crippen molar-refractivity contribution in [3.05, 3.63) is 23.8 Å². The third-order valence-electron chi connectivity index (χ3n) is 3.65. The maximum absolute atomic E-state index is 11.5. The van der Waals surface area contributed by atoms with E-state index in [0.29, 0.717) is 17.4 Å². The van der Waals surface area contributed by atoms with E-state index in [2.05, 4.69) is 4.72 Å². The second kappa shape index (κ2) is 4.66. The van der Waals surface area contributed by atoms with Crippen molar-refractivity contribution >= 4 is 21.7 Å². The van der Waals surface area contributed by atoms with E-state index >= 15 is 0 Å². The number of anilines is 1. The van der Waals surface area contributed by atoms with Crippen LogP contribution < -0.4 is 9.46 Å². The van der Waals surface area contributed by atoms with E-state index in [4.69, 9.17) is 9.84 Å². The normalized spacial score (nSPS) is 21.2. The van der Waals surface area contributed by atoms with Crippen molar-refractivity contribution in [2.45, 2.75) is 25.2 Å². The van der Waals surface area contributed by atoms with Crippen LogP contribution in [0.5, 0.6) is 5.75 Å². The van der Waals surface area contributed by atoms with Crippen molar-refractivity contribution in [1.82, 2.24) is 0 Å². The first-order valence-electron chi connectivity index (χ1n) is 6.44. The van der Waals surface area contributed by atoms with Gasteiger partial charge >= 0.3 is 5.97 Å². The van der Waals surface area contributed by atoms with Gasteiger partial charge in [0.1, 0.15) is 5.75 Å². The minimum absolute atomic E-state index is 0.0655. The lowest BCUT2D eigenvalue weighted by molar-refractivity contribution is -0.137. The molecule has 1 saturated carbocycles. The van der Waals surface area contributed by atoms with Gasteiger partial charge in [0.25, 0.3) is 10.0 Å². The second-order valence-corrected chi connectivity index (χ2v) is 6.95. The molecule has 1 aliphatic heterocycles. The SMILES string of the molecule is O=C(O)CC(c1ccc2c(c1)NS(=O)(=O)CO2)C1CC1. The lowest BCUT2D eigenvalue weighted by atomic mass is 9.90. The van der Waals surface area contributed by atoms with Crippen molar-refractivity contribution in [2.24, 2.45) is 5.92 Å². The molecule has 1 heterocycles. The van der Waals surface area contributed by atoms with Gasteiger partial charge in [0.2, 0.25) is 5.94 Å². The third kappa shape index (κ3) is 2.72. The number of hydrogen-bond acceptors (Lipinski definition) is 4. The zero-order valence-electron chi connectivity index (χ0n) is 10.7. The molecule has 3 rings (SSSR count). The number of hydrogen-bond donors (Lipinski definition) is 2. The summed E-state index contributed by atoms with van der Waals surface area (Å²) in [5, 5.41) is 9.01. The van der Waals surface area contributed by atoms with Crippen LogP contribution in [-0.4, -0.2) is 25.4 Å². The number of aliphatic carboxylic acids is 1. The van der Waals surface area contributed by atoms with Crippen LogP contribution in [0.1, 0.15) is 30.7 Å². The van der Waals surface area contributed by atoms with Crippen LogP contribution in [0.4, 0.5) is 5.69 Å². The molecule has 20 heavy (non-hydrogen) atoms. The van der Waals surface area contributed by atoms with Crippen LogP contribution in [0.25, 0.3) is 0 Å². The van der Waals surface area contributed by atoms with Gasteiger partial charge in [-0.05, 0) is 42.4 Å². The first-order chi connectivity index (χ1) is 9.44. The fourth-order valence-corrected chi connectivity index (χ4v) is 3.40. The van der Waals surface area contributed by atoms with Crippen LogP contribution in [-0.2, 0) is 14.8 Å². The molecule has 108 valence electrons. The maximum Gasteiger partial charge on any atom is 0.303 e. The highest BCUT2D eigenvalue weighted by atomic mass is 32.2. The van der Waals surface area contributed by atoms with Crippen LogP contribution >= 0.6 is 0 Å². The summed E-state index contributed by atoms with van der Waals surface area (Å²) in [6.45, 7) is 0. The summed E-state index contributed by atoms with van der Waals surface area (Å²) in [5.41, 5.74) is 1.24. The highest BCUT2D eigenvalue weighted by molar-refractivity contribution is 7.92. The minimum atomic E-state index is -3.45. The van der Waals surface area contributed by atoms with Gasteiger partial charge < -0.3 is 9.84 Å². The number of nitrogens with one attached hydrogen (secondary N) is 1. The molecule has 0 amide bonds. The van der Waals surface area contributed by atoms with Crippen molar-refractivity contribution in [1.29, 1.82) is 0 Å². The van der Waals surface area contributed by atoms with E-state index in [9.17, 15) is 13.2 Å². The molecule has 1 fully saturated rings. The quantitative estimate of drug-likeness (QED) is 0.883. The van der Waals surface area contributed by atoms with Gasteiger partial charge in [0.05, 0.1) is 12.1 Å². The van der Waals surface area contributed by atoms with Crippen LogP contribution in [0.3, 0.4) is 0 Å². The summed E-state index contributed by atoms with van der Waals surface area (Å²) < 4.78 is 30.6. The largest absolute Gasteiger partial charge is 0.481 e. The summed E-state index contributed by atoms with van der Waals surface area (Å²) in [6.07, 6.45) is 2.12. The monoisotopic (exact) mass is 297 g/mol. The fraction of sp³-hybridized carbons (Fsp3) is 0.462. The van der Waals surface area contributed by atoms with Gasteiger partial charge in [0.15, 0.2) is 0 Å². The molecule has 6 nitrogen and oxygen atoms in total. The highest BCUT2D eigenvalue weighted by Crippen LogP contribution is 2.46. The summed E-state index contributed by atoms with van der Waals surface area (Å²) >= 11 is 0. The lowest BCUT2D eigenvalue weighted by Crippen LogP contribution is -2.25. The molecule has 2 aliphatic rings. The minimum Gasteiger partial charge on any atom is -0.481 e. The van der Waals surface area contributed by atoms with Crippen molar-refractivity contribution in [3.63, 3.8) is 0 Å². The van der Waals surface area contributed by atoms with E-state index in [-0.39, 0.29) is 18.3 Å². The first kappa shape index (κ1) is 13.2. The third-order valence-corrected chi connectivity index (χ3v) is 4.61. The molecule has 1 atom stereocenters. The molecule has 0 saturated heterocycles. The first-order valence-corrected chi connectivity index (χ1v) is 8.09. The summed E-state index contributed by atoms with van der Waals surface area (Å²) in [7, 11) is -3.45. The number of carboxylic acids is 1. The molecule has 1 aliphatic carbocycles. The van der Waals surface area contributed by atoms with Gasteiger partial charge in [-0.3, -0.25) is 9.52 Å². The van der Waals surface area contributed by atoms with Crippen molar-refractivity contribution < 1.29 is 23.1 Å². The lowest BCUT2D eigenvalue weighted by Gasteiger charge is -2.22. The number of ether oxygens (including phenoxy) is 1. The Kier molecular flexibility index (Phi) is 3.08. The summed E-state index contributed by atoms with van der Waals surface area (Å²) in [6, 6.07) is 5.21. The Labute approximate surface area is 116 Å². The molecule has 0 radical (unpaired) electrons. The molecule has 1 aromatic carbocycles. The fourth-order valence-electron chi connectivity index (χ4n) is 2.57. The Hall–Kier alpha value is -1.76. The Morgan fingerprint density at radius 3 is 2.85 bits per heavy atom. The average Bonchev–Trinajstić information content (AvgIpc) is 3.18. The van der Waals surface area contributed by atoms with Gasteiger partial charge in [-0.1, -0.05) is 6.07 Å². The molecule has 0 bridgehead atoms. The van der Waals surface area contributed by atoms with E-state index in [1.807, 2.05) is 6.07 Å². The molecule has 1 aromatic rings. The van der Waals surface area contributed by atoms with Gasteiger partial charge in [-0.2, -0.15) is 0 Å². The predicted octanol–water partition coefficient (Wildman–Crippen LogP) is 1.75. The van der Waals surface area contributed by atoms with Gasteiger partial charge in [-0.25, -0.2) is 8.42 Å². The molecular weight excluding hydrogens is 282 g/mol. The molecule has 2 N–H and O–H groups in total. The summed E-state index contributed by atoms with van der Waals surface area (Å²) in [4.78, 5) is 11.0. The zero-order chi connectivity index (χ0) is 14.3. The Morgan fingerprint density at radius 1 is 1.45 bits per heavy atom. The van der Waals surface area contributed by atoms with Crippen molar-refractivity contribution in [3.8, 4) is 5.75 Å². The molecule has 1 unspecified atom stereocenters. The van der Waals surface area contributed by atoms with Crippen molar-refractivity contribution in [2.75, 3.05) is 10.7 Å². The number of benzene rings is 1. The Bertz CT molecular complexity index is 651. The van der Waals surface area contributed by atoms with Crippen LogP contribution in [0, 0.1) is 5.92 Å². The van der Waals surface area contributed by atoms with Gasteiger partial charge in [0, 0.05) is 0 Å². The second-order valence-electron chi connectivity index (χ2n) is 5.28. The maximum atomic E-state index is 11.5. The molecule has 0 aromatic heterocycles. The molecular formula is C13H15NO5S. The summed E-state index contributed by atoms with van der Waals surface area (Å²) in [5.74, 6) is -0.431. The molecule has 0 spiro atoms. The van der Waals surface area contributed by atoms with E-state index < -0.39 is 16.0 Å². The number of carbonyl (C=O) groups is 1. The average molecular weight is 297 g/mol. The number of rotatable bonds is 4. The Morgan fingerprint density at radius 2 is 2.20 bits per heavy atom. The van der Waals surface area contributed by atoms with Crippen LogP contribution in [0.15, 0.2) is 18.2 Å². The van der Waals surface area contributed by atoms with Crippen LogP contribution in [0.2, 0.25) is 0 Å². The Balaban J connectivity index is 1.92. The van der Waals surface area contributed by atoms with E-state index in [1.165, 1.54) is 0 Å². The number of carboxylic acid groups (broad SMARTS) is 1. The predicted molar refractivity (Wildman–Crippen MR) is 72.2 cm³/mol. The smallest absolute Gasteiger partial charge is 0.303 e. The zero-order valence-corrected chi connectivity index (χ0v) is 11.5.